The molecule has 0 saturated carbocycles. The van der Waals surface area contributed by atoms with Gasteiger partial charge in [0.15, 0.2) is 0 Å². The summed E-state index contributed by atoms with van der Waals surface area (Å²) in [5.41, 5.74) is 3.08. The van der Waals surface area contributed by atoms with Crippen LogP contribution in [0.25, 0.3) is 0 Å². The first kappa shape index (κ1) is 17.0. The van der Waals surface area contributed by atoms with Crippen LogP contribution in [-0.2, 0) is 6.54 Å². The van der Waals surface area contributed by atoms with E-state index in [1.807, 2.05) is 37.9 Å². The van der Waals surface area contributed by atoms with Crippen molar-refractivity contribution in [2.24, 2.45) is 0 Å². The first-order valence-corrected chi connectivity index (χ1v) is 7.53. The Labute approximate surface area is 136 Å². The number of nitrogens with zero attached hydrogens (tertiary/aromatic N) is 2. The number of carbonyl (C=O) groups is 1. The fourth-order valence-corrected chi connectivity index (χ4v) is 2.27. The van der Waals surface area contributed by atoms with E-state index in [1.165, 1.54) is 5.56 Å². The van der Waals surface area contributed by atoms with Crippen LogP contribution in [-0.4, -0.2) is 41.2 Å². The van der Waals surface area contributed by atoms with Gasteiger partial charge in [0, 0.05) is 19.3 Å². The molecule has 0 spiro atoms. The number of pyridine rings is 1. The van der Waals surface area contributed by atoms with Crippen LogP contribution in [0.1, 0.15) is 27.2 Å². The van der Waals surface area contributed by atoms with E-state index in [0.717, 1.165) is 11.3 Å². The molecule has 5 nitrogen and oxygen atoms in total. The van der Waals surface area contributed by atoms with Gasteiger partial charge < -0.3 is 9.84 Å². The summed E-state index contributed by atoms with van der Waals surface area (Å²) in [6.07, 6.45) is 1.61. The molecule has 0 aliphatic heterocycles. The first-order chi connectivity index (χ1) is 11.0. The molecule has 122 valence electrons. The van der Waals surface area contributed by atoms with E-state index in [1.54, 1.807) is 18.3 Å². The second kappa shape index (κ2) is 7.74. The summed E-state index contributed by atoms with van der Waals surface area (Å²) in [6.45, 7) is 5.75. The fourth-order valence-electron chi connectivity index (χ4n) is 2.27. The number of hydrogen-bond donors (Lipinski definition) is 1. The maximum absolute atomic E-state index is 11.2. The zero-order valence-electron chi connectivity index (χ0n) is 13.7. The molecule has 2 aromatic rings. The molecule has 1 aromatic carbocycles. The second-order valence-corrected chi connectivity index (χ2v) is 5.66. The molecule has 0 aliphatic carbocycles. The SMILES string of the molecule is Cc1ccc(C)c(OCCN(C)Cc2ncccc2C(=O)O)c1. The van der Waals surface area contributed by atoms with Gasteiger partial charge in [-0.15, -0.1) is 0 Å². The number of aromatic carboxylic acids is 1. The highest BCUT2D eigenvalue weighted by Crippen LogP contribution is 2.19. The normalized spacial score (nSPS) is 10.8. The third kappa shape index (κ3) is 4.79. The smallest absolute Gasteiger partial charge is 0.337 e. The van der Waals surface area contributed by atoms with Crippen LogP contribution in [0.2, 0.25) is 0 Å². The summed E-state index contributed by atoms with van der Waals surface area (Å²) in [5.74, 6) is -0.0596. The van der Waals surface area contributed by atoms with Gasteiger partial charge in [0.05, 0.1) is 11.3 Å². The average molecular weight is 314 g/mol. The number of benzene rings is 1. The van der Waals surface area contributed by atoms with E-state index in [2.05, 4.69) is 11.1 Å². The largest absolute Gasteiger partial charge is 0.492 e. The third-order valence-corrected chi connectivity index (χ3v) is 3.61. The van der Waals surface area contributed by atoms with Gasteiger partial charge in [-0.1, -0.05) is 12.1 Å². The molecule has 0 amide bonds. The summed E-state index contributed by atoms with van der Waals surface area (Å²) in [6, 6.07) is 9.34. The standard InChI is InChI=1S/C18H22N2O3/c1-13-6-7-14(2)17(11-13)23-10-9-20(3)12-16-15(18(21)22)5-4-8-19-16/h4-8,11H,9-10,12H2,1-3H3,(H,21,22). The maximum atomic E-state index is 11.2. The van der Waals surface area contributed by atoms with Crippen molar-refractivity contribution in [3.05, 3.63) is 58.9 Å². The summed E-state index contributed by atoms with van der Waals surface area (Å²) in [5, 5.41) is 9.18. The molecule has 0 radical (unpaired) electrons. The molecule has 0 saturated heterocycles. The summed E-state index contributed by atoms with van der Waals surface area (Å²) < 4.78 is 5.83. The van der Waals surface area contributed by atoms with Crippen LogP contribution < -0.4 is 4.74 Å². The highest BCUT2D eigenvalue weighted by atomic mass is 16.5. The molecule has 0 atom stereocenters. The van der Waals surface area contributed by atoms with Gasteiger partial charge >= 0.3 is 5.97 Å². The van der Waals surface area contributed by atoms with Gasteiger partial charge in [0.25, 0.3) is 0 Å². The van der Waals surface area contributed by atoms with Crippen molar-refractivity contribution in [1.29, 1.82) is 0 Å². The van der Waals surface area contributed by atoms with Gasteiger partial charge in [-0.2, -0.15) is 0 Å². The van der Waals surface area contributed by atoms with Crippen LogP contribution in [0, 0.1) is 13.8 Å². The van der Waals surface area contributed by atoms with Gasteiger partial charge in [-0.3, -0.25) is 9.88 Å². The van der Waals surface area contributed by atoms with E-state index in [4.69, 9.17) is 4.74 Å². The molecule has 0 bridgehead atoms. The highest BCUT2D eigenvalue weighted by molar-refractivity contribution is 5.88. The Hall–Kier alpha value is -2.40. The number of ether oxygens (including phenoxy) is 1. The highest BCUT2D eigenvalue weighted by Gasteiger charge is 2.12. The van der Waals surface area contributed by atoms with E-state index in [0.29, 0.717) is 25.4 Å². The second-order valence-electron chi connectivity index (χ2n) is 5.66. The number of likely N-dealkylation sites (N-methyl/N-ethyl adjacent to an activating group) is 1. The third-order valence-electron chi connectivity index (χ3n) is 3.61. The predicted octanol–water partition coefficient (Wildman–Crippen LogP) is 2.91. The minimum absolute atomic E-state index is 0.245. The average Bonchev–Trinajstić information content (AvgIpc) is 2.51. The predicted molar refractivity (Wildman–Crippen MR) is 88.9 cm³/mol. The lowest BCUT2D eigenvalue weighted by molar-refractivity contribution is 0.0694. The van der Waals surface area contributed by atoms with E-state index in [-0.39, 0.29) is 5.56 Å². The Morgan fingerprint density at radius 2 is 2.09 bits per heavy atom. The Kier molecular flexibility index (Phi) is 5.71. The lowest BCUT2D eigenvalue weighted by Crippen LogP contribution is -2.25. The zero-order chi connectivity index (χ0) is 16.8. The minimum atomic E-state index is -0.951. The number of hydrogen-bond acceptors (Lipinski definition) is 4. The van der Waals surface area contributed by atoms with E-state index >= 15 is 0 Å². The number of aromatic nitrogens is 1. The summed E-state index contributed by atoms with van der Waals surface area (Å²) in [4.78, 5) is 17.4. The number of aryl methyl sites for hydroxylation is 2. The van der Waals surface area contributed by atoms with Crippen LogP contribution in [0.5, 0.6) is 5.75 Å². The van der Waals surface area contributed by atoms with Crippen LogP contribution >= 0.6 is 0 Å². The number of carboxylic acid groups (broad SMARTS) is 1. The van der Waals surface area contributed by atoms with Crippen molar-refractivity contribution in [3.8, 4) is 5.75 Å². The van der Waals surface area contributed by atoms with Crippen LogP contribution in [0.3, 0.4) is 0 Å². The summed E-state index contributed by atoms with van der Waals surface area (Å²) in [7, 11) is 1.92. The molecule has 1 N–H and O–H groups in total. The van der Waals surface area contributed by atoms with Crippen molar-refractivity contribution >= 4 is 5.97 Å². The molecular formula is C18H22N2O3. The first-order valence-electron chi connectivity index (χ1n) is 7.53. The monoisotopic (exact) mass is 314 g/mol. The lowest BCUT2D eigenvalue weighted by Gasteiger charge is -2.18. The van der Waals surface area contributed by atoms with Crippen molar-refractivity contribution in [3.63, 3.8) is 0 Å². The van der Waals surface area contributed by atoms with E-state index in [9.17, 15) is 9.90 Å². The number of carboxylic acids is 1. The number of rotatable bonds is 7. The molecule has 0 unspecified atom stereocenters. The fraction of sp³-hybridized carbons (Fsp3) is 0.333. The van der Waals surface area contributed by atoms with Crippen molar-refractivity contribution in [2.45, 2.75) is 20.4 Å². The van der Waals surface area contributed by atoms with Crippen molar-refractivity contribution in [2.75, 3.05) is 20.2 Å². The summed E-state index contributed by atoms with van der Waals surface area (Å²) >= 11 is 0. The topological polar surface area (TPSA) is 62.7 Å². The Morgan fingerprint density at radius 3 is 2.83 bits per heavy atom. The van der Waals surface area contributed by atoms with Crippen molar-refractivity contribution in [1.82, 2.24) is 9.88 Å². The lowest BCUT2D eigenvalue weighted by atomic mass is 10.1. The van der Waals surface area contributed by atoms with E-state index < -0.39 is 5.97 Å². The van der Waals surface area contributed by atoms with Gasteiger partial charge in [-0.25, -0.2) is 4.79 Å². The van der Waals surface area contributed by atoms with Gasteiger partial charge in [0.1, 0.15) is 12.4 Å². The van der Waals surface area contributed by atoms with Crippen LogP contribution in [0.4, 0.5) is 0 Å². The maximum Gasteiger partial charge on any atom is 0.337 e. The zero-order valence-corrected chi connectivity index (χ0v) is 13.7. The Morgan fingerprint density at radius 1 is 1.30 bits per heavy atom. The Bertz CT molecular complexity index is 686. The molecule has 1 heterocycles. The van der Waals surface area contributed by atoms with Gasteiger partial charge in [0.2, 0.25) is 0 Å². The van der Waals surface area contributed by atoms with Crippen LogP contribution in [0.15, 0.2) is 36.5 Å². The molecular weight excluding hydrogens is 292 g/mol. The molecule has 23 heavy (non-hydrogen) atoms. The Balaban J connectivity index is 1.89. The van der Waals surface area contributed by atoms with Crippen molar-refractivity contribution < 1.29 is 14.6 Å². The molecule has 5 heteroatoms. The molecule has 0 aliphatic rings. The minimum Gasteiger partial charge on any atom is -0.492 e. The molecule has 0 fully saturated rings. The molecule has 2 rings (SSSR count). The molecule has 1 aromatic heterocycles. The van der Waals surface area contributed by atoms with Gasteiger partial charge in [-0.05, 0) is 50.2 Å². The quantitative estimate of drug-likeness (QED) is 0.851.